The van der Waals surface area contributed by atoms with Crippen molar-refractivity contribution in [1.29, 1.82) is 0 Å². The lowest BCUT2D eigenvalue weighted by molar-refractivity contribution is -0.676. The Bertz CT molecular complexity index is 649. The van der Waals surface area contributed by atoms with E-state index in [0.29, 0.717) is 12.3 Å². The molecule has 0 aliphatic rings. The molecule has 2 aromatic rings. The van der Waals surface area contributed by atoms with Gasteiger partial charge in [0.1, 0.15) is 5.75 Å². The molecule has 1 aromatic carbocycles. The molecular formula is C15H22N3O3+. The fourth-order valence-electron chi connectivity index (χ4n) is 2.59. The minimum Gasteiger partial charge on any atom is -0.482 e. The molecule has 2 N–H and O–H groups in total. The quantitative estimate of drug-likeness (QED) is 0.636. The minimum absolute atomic E-state index is 0.0909. The first kappa shape index (κ1) is 15.3. The molecule has 0 aliphatic carbocycles. The second-order valence-electron chi connectivity index (χ2n) is 4.62. The van der Waals surface area contributed by atoms with Gasteiger partial charge in [0.05, 0.1) is 26.7 Å². The van der Waals surface area contributed by atoms with E-state index in [-0.39, 0.29) is 6.61 Å². The third-order valence-electron chi connectivity index (χ3n) is 3.55. The van der Waals surface area contributed by atoms with Gasteiger partial charge in [-0.15, -0.1) is 0 Å². The molecule has 0 saturated heterocycles. The molecule has 6 heteroatoms. The summed E-state index contributed by atoms with van der Waals surface area (Å²) in [6.07, 6.45) is 0. The maximum Gasteiger partial charge on any atom is 0.343 e. The van der Waals surface area contributed by atoms with Gasteiger partial charge in [-0.05, 0) is 26.0 Å². The molecule has 2 rings (SSSR count). The third-order valence-corrected chi connectivity index (χ3v) is 3.55. The number of nitrogens with two attached hydrogens (primary N) is 1. The van der Waals surface area contributed by atoms with Crippen LogP contribution in [0.1, 0.15) is 19.7 Å². The van der Waals surface area contributed by atoms with Gasteiger partial charge < -0.3 is 15.2 Å². The van der Waals surface area contributed by atoms with Crippen molar-refractivity contribution in [2.75, 3.05) is 13.7 Å². The average Bonchev–Trinajstić information content (AvgIpc) is 2.84. The number of aryl methyl sites for hydroxylation is 2. The van der Waals surface area contributed by atoms with Gasteiger partial charge in [0.2, 0.25) is 0 Å². The number of esters is 1. The van der Waals surface area contributed by atoms with Crippen LogP contribution < -0.4 is 15.0 Å². The Morgan fingerprint density at radius 1 is 1.38 bits per heavy atom. The van der Waals surface area contributed by atoms with E-state index >= 15 is 0 Å². The molecule has 0 atom stereocenters. The molecule has 0 amide bonds. The van der Waals surface area contributed by atoms with E-state index in [1.54, 1.807) is 0 Å². The summed E-state index contributed by atoms with van der Waals surface area (Å²) in [6, 6.07) is 5.79. The van der Waals surface area contributed by atoms with Crippen LogP contribution in [0.3, 0.4) is 0 Å². The maximum atomic E-state index is 11.1. The molecular weight excluding hydrogens is 270 g/mol. The van der Waals surface area contributed by atoms with Crippen molar-refractivity contribution in [1.82, 2.24) is 4.57 Å². The van der Waals surface area contributed by atoms with E-state index in [2.05, 4.69) is 27.7 Å². The Kier molecular flexibility index (Phi) is 4.80. The highest BCUT2D eigenvalue weighted by atomic mass is 16.6. The van der Waals surface area contributed by atoms with Gasteiger partial charge in [-0.1, -0.05) is 0 Å². The molecule has 0 radical (unpaired) electrons. The van der Waals surface area contributed by atoms with Crippen molar-refractivity contribution >= 4 is 17.0 Å². The Morgan fingerprint density at radius 2 is 2.14 bits per heavy atom. The number of hydrogen-bond donors (Lipinski definition) is 1. The van der Waals surface area contributed by atoms with Crippen LogP contribution in [0.4, 0.5) is 0 Å². The first-order valence-corrected chi connectivity index (χ1v) is 7.10. The third kappa shape index (κ3) is 2.85. The van der Waals surface area contributed by atoms with E-state index in [9.17, 15) is 4.79 Å². The second-order valence-corrected chi connectivity index (χ2v) is 4.62. The van der Waals surface area contributed by atoms with Crippen molar-refractivity contribution in [3.8, 4) is 5.75 Å². The van der Waals surface area contributed by atoms with Crippen molar-refractivity contribution in [3.05, 3.63) is 24.0 Å². The Morgan fingerprint density at radius 3 is 2.71 bits per heavy atom. The molecule has 0 spiro atoms. The van der Waals surface area contributed by atoms with Crippen molar-refractivity contribution in [2.24, 2.45) is 5.73 Å². The van der Waals surface area contributed by atoms with Gasteiger partial charge in [0, 0.05) is 6.07 Å². The van der Waals surface area contributed by atoms with E-state index in [4.69, 9.17) is 10.5 Å². The zero-order valence-corrected chi connectivity index (χ0v) is 12.8. The first-order valence-electron chi connectivity index (χ1n) is 7.10. The molecule has 0 unspecified atom stereocenters. The number of carbonyl (C=O) groups excluding carboxylic acids is 1. The standard InChI is InChI=1S/C15H22N3O3/c1-4-17-12-7-6-11(21-10-15(19)20-3)8-13(12)18(5-2)14(17)9-16/h6-8H,4-5,9-10,16H2,1-3H3/q+1. The topological polar surface area (TPSA) is 70.4 Å². The Labute approximate surface area is 124 Å². The number of imidazole rings is 1. The fraction of sp³-hybridized carbons (Fsp3) is 0.467. The number of hydrogen-bond acceptors (Lipinski definition) is 4. The van der Waals surface area contributed by atoms with Crippen LogP contribution in [0.15, 0.2) is 18.2 Å². The van der Waals surface area contributed by atoms with E-state index < -0.39 is 5.97 Å². The van der Waals surface area contributed by atoms with Gasteiger partial charge in [-0.3, -0.25) is 0 Å². The lowest BCUT2D eigenvalue weighted by atomic mass is 10.3. The SMILES string of the molecule is CCn1c(CN)[n+](CC)c2ccc(OCC(=O)OC)cc21. The lowest BCUT2D eigenvalue weighted by Crippen LogP contribution is -2.38. The highest BCUT2D eigenvalue weighted by Crippen LogP contribution is 2.21. The summed E-state index contributed by atoms with van der Waals surface area (Å²) in [6.45, 7) is 6.26. The van der Waals surface area contributed by atoms with Gasteiger partial charge in [0.15, 0.2) is 17.6 Å². The van der Waals surface area contributed by atoms with Crippen LogP contribution in [0.2, 0.25) is 0 Å². The molecule has 6 nitrogen and oxygen atoms in total. The maximum absolute atomic E-state index is 11.1. The minimum atomic E-state index is -0.396. The predicted molar refractivity (Wildman–Crippen MR) is 78.9 cm³/mol. The molecule has 0 fully saturated rings. The summed E-state index contributed by atoms with van der Waals surface area (Å²) in [7, 11) is 1.34. The highest BCUT2D eigenvalue weighted by Gasteiger charge is 2.22. The molecule has 0 bridgehead atoms. The number of fused-ring (bicyclic) bond motifs is 1. The predicted octanol–water partition coefficient (Wildman–Crippen LogP) is 0.979. The number of aromatic nitrogens is 2. The fourth-order valence-corrected chi connectivity index (χ4v) is 2.59. The summed E-state index contributed by atoms with van der Waals surface area (Å²) < 4.78 is 14.4. The lowest BCUT2D eigenvalue weighted by Gasteiger charge is -2.04. The molecule has 0 aliphatic heterocycles. The molecule has 1 aromatic heterocycles. The van der Waals surface area contributed by atoms with E-state index in [1.165, 1.54) is 7.11 Å². The summed E-state index contributed by atoms with van der Waals surface area (Å²) in [4.78, 5) is 11.1. The largest absolute Gasteiger partial charge is 0.482 e. The molecule has 1 heterocycles. The number of methoxy groups -OCH3 is 1. The van der Waals surface area contributed by atoms with Crippen LogP contribution >= 0.6 is 0 Å². The van der Waals surface area contributed by atoms with Crippen LogP contribution in [-0.2, 0) is 29.2 Å². The highest BCUT2D eigenvalue weighted by molar-refractivity contribution is 5.75. The number of rotatable bonds is 6. The van der Waals surface area contributed by atoms with Crippen LogP contribution in [0.5, 0.6) is 5.75 Å². The summed E-state index contributed by atoms with van der Waals surface area (Å²) >= 11 is 0. The van der Waals surface area contributed by atoms with Crippen molar-refractivity contribution in [3.63, 3.8) is 0 Å². The van der Waals surface area contributed by atoms with Gasteiger partial charge in [-0.25, -0.2) is 13.9 Å². The number of benzene rings is 1. The second kappa shape index (κ2) is 6.58. The van der Waals surface area contributed by atoms with Gasteiger partial charge in [0.25, 0.3) is 5.82 Å². The van der Waals surface area contributed by atoms with Gasteiger partial charge >= 0.3 is 5.97 Å². The summed E-state index contributed by atoms with van der Waals surface area (Å²) in [5.41, 5.74) is 8.06. The zero-order valence-electron chi connectivity index (χ0n) is 12.8. The van der Waals surface area contributed by atoms with Crippen LogP contribution in [0, 0.1) is 0 Å². The smallest absolute Gasteiger partial charge is 0.343 e. The van der Waals surface area contributed by atoms with Crippen LogP contribution in [0.25, 0.3) is 11.0 Å². The Hall–Kier alpha value is -2.08. The number of ether oxygens (including phenoxy) is 2. The summed E-state index contributed by atoms with van der Waals surface area (Å²) in [5, 5.41) is 0. The van der Waals surface area contributed by atoms with Crippen molar-refractivity contribution in [2.45, 2.75) is 33.5 Å². The Balaban J connectivity index is 2.44. The molecule has 21 heavy (non-hydrogen) atoms. The number of nitrogens with zero attached hydrogens (tertiary/aromatic N) is 2. The first-order chi connectivity index (χ1) is 10.2. The average molecular weight is 292 g/mol. The van der Waals surface area contributed by atoms with E-state index in [1.807, 2.05) is 18.2 Å². The zero-order chi connectivity index (χ0) is 15.4. The van der Waals surface area contributed by atoms with Gasteiger partial charge in [-0.2, -0.15) is 0 Å². The summed E-state index contributed by atoms with van der Waals surface area (Å²) in [5.74, 6) is 1.33. The van der Waals surface area contributed by atoms with Crippen LogP contribution in [-0.4, -0.2) is 24.3 Å². The number of carbonyl (C=O) groups is 1. The molecule has 114 valence electrons. The normalized spacial score (nSPS) is 10.9. The van der Waals surface area contributed by atoms with E-state index in [0.717, 1.165) is 29.9 Å². The monoisotopic (exact) mass is 292 g/mol. The molecule has 0 saturated carbocycles. The van der Waals surface area contributed by atoms with Crippen molar-refractivity contribution < 1.29 is 18.8 Å².